The van der Waals surface area contributed by atoms with Crippen LogP contribution in [-0.2, 0) is 11.3 Å². The van der Waals surface area contributed by atoms with Crippen molar-refractivity contribution in [3.8, 4) is 0 Å². The lowest BCUT2D eigenvalue weighted by Crippen LogP contribution is -2.59. The van der Waals surface area contributed by atoms with Crippen molar-refractivity contribution in [3.63, 3.8) is 0 Å². The van der Waals surface area contributed by atoms with Gasteiger partial charge in [0.1, 0.15) is 0 Å². The summed E-state index contributed by atoms with van der Waals surface area (Å²) in [7, 11) is 0. The number of hydrogen-bond donors (Lipinski definition) is 1. The van der Waals surface area contributed by atoms with Crippen molar-refractivity contribution in [2.75, 3.05) is 6.54 Å². The Morgan fingerprint density at radius 2 is 2.00 bits per heavy atom. The van der Waals surface area contributed by atoms with E-state index in [-0.39, 0.29) is 5.54 Å². The Labute approximate surface area is 158 Å². The molecule has 26 heavy (non-hydrogen) atoms. The lowest BCUT2D eigenvalue weighted by molar-refractivity contribution is -0.138. The largest absolute Gasteiger partial charge is 0.337 e. The van der Waals surface area contributed by atoms with E-state index >= 15 is 0 Å². The van der Waals surface area contributed by atoms with Crippen LogP contribution in [0.2, 0.25) is 0 Å². The van der Waals surface area contributed by atoms with E-state index in [1.54, 1.807) is 0 Å². The number of carbonyl (C=O) groups excluding carboxylic acids is 1. The molecule has 2 saturated heterocycles. The Morgan fingerprint density at radius 1 is 1.15 bits per heavy atom. The van der Waals surface area contributed by atoms with Crippen molar-refractivity contribution in [2.45, 2.75) is 82.8 Å². The molecule has 142 valence electrons. The molecule has 3 aliphatic rings. The number of benzene rings is 1. The second-order valence-electron chi connectivity index (χ2n) is 8.72. The molecule has 0 radical (unpaired) electrons. The third kappa shape index (κ3) is 3.19. The molecule has 4 atom stereocenters. The van der Waals surface area contributed by atoms with Crippen LogP contribution < -0.4 is 5.32 Å². The number of nitrogens with zero attached hydrogens (tertiary/aromatic N) is 1. The summed E-state index contributed by atoms with van der Waals surface area (Å²) in [6.07, 6.45) is 10.5. The highest BCUT2D eigenvalue weighted by Gasteiger charge is 2.55. The van der Waals surface area contributed by atoms with Crippen LogP contribution in [-0.4, -0.2) is 28.9 Å². The third-order valence-corrected chi connectivity index (χ3v) is 7.38. The molecule has 1 amide bonds. The first-order chi connectivity index (χ1) is 12.7. The van der Waals surface area contributed by atoms with Crippen LogP contribution in [0.5, 0.6) is 0 Å². The molecule has 3 heteroatoms. The minimum absolute atomic E-state index is 0.193. The van der Waals surface area contributed by atoms with E-state index in [9.17, 15) is 4.79 Å². The van der Waals surface area contributed by atoms with Gasteiger partial charge in [0.25, 0.3) is 0 Å². The van der Waals surface area contributed by atoms with Gasteiger partial charge in [0.2, 0.25) is 5.91 Å². The molecule has 3 nitrogen and oxygen atoms in total. The number of rotatable bonds is 5. The molecular formula is C23H34N2O. The Hall–Kier alpha value is -1.35. The molecular weight excluding hydrogens is 320 g/mol. The van der Waals surface area contributed by atoms with E-state index in [1.165, 1.54) is 50.5 Å². The summed E-state index contributed by atoms with van der Waals surface area (Å²) in [6.45, 7) is 4.30. The average molecular weight is 355 g/mol. The zero-order chi connectivity index (χ0) is 18.0. The molecule has 2 heterocycles. The van der Waals surface area contributed by atoms with Crippen molar-refractivity contribution >= 4 is 5.91 Å². The van der Waals surface area contributed by atoms with Crippen LogP contribution in [0.4, 0.5) is 0 Å². The fraction of sp³-hybridized carbons (Fsp3) is 0.696. The van der Waals surface area contributed by atoms with Gasteiger partial charge in [-0.25, -0.2) is 0 Å². The molecule has 2 aliphatic heterocycles. The van der Waals surface area contributed by atoms with Crippen LogP contribution in [0.1, 0.15) is 70.3 Å². The zero-order valence-corrected chi connectivity index (χ0v) is 16.3. The number of amides is 1. The zero-order valence-electron chi connectivity index (χ0n) is 16.3. The van der Waals surface area contributed by atoms with Crippen LogP contribution >= 0.6 is 0 Å². The number of hydrogen-bond acceptors (Lipinski definition) is 2. The summed E-state index contributed by atoms with van der Waals surface area (Å²) in [5.74, 6) is 1.85. The highest BCUT2D eigenvalue weighted by molar-refractivity contribution is 5.78. The maximum atomic E-state index is 12.7. The summed E-state index contributed by atoms with van der Waals surface area (Å²) >= 11 is 0. The molecule has 0 bridgehead atoms. The van der Waals surface area contributed by atoms with Crippen molar-refractivity contribution in [2.24, 2.45) is 11.8 Å². The van der Waals surface area contributed by atoms with Crippen molar-refractivity contribution in [3.05, 3.63) is 35.9 Å². The molecule has 0 aromatic heterocycles. The SMILES string of the molecule is CCC[C@H]1[C@@H](NCc2ccccc2)CC[C@@]23CCCN2C(=O)CCC[C@@H]13. The highest BCUT2D eigenvalue weighted by Crippen LogP contribution is 2.52. The summed E-state index contributed by atoms with van der Waals surface area (Å²) in [5.41, 5.74) is 1.57. The Morgan fingerprint density at radius 3 is 2.81 bits per heavy atom. The first kappa shape index (κ1) is 18.0. The minimum Gasteiger partial charge on any atom is -0.337 e. The summed E-state index contributed by atoms with van der Waals surface area (Å²) < 4.78 is 0. The predicted octanol–water partition coefficient (Wildman–Crippen LogP) is 4.52. The van der Waals surface area contributed by atoms with Gasteiger partial charge in [-0.15, -0.1) is 0 Å². The monoisotopic (exact) mass is 354 g/mol. The Bertz CT molecular complexity index is 616. The van der Waals surface area contributed by atoms with Crippen LogP contribution in [0.3, 0.4) is 0 Å². The van der Waals surface area contributed by atoms with E-state index in [0.717, 1.165) is 25.9 Å². The predicted molar refractivity (Wildman–Crippen MR) is 106 cm³/mol. The fourth-order valence-electron chi connectivity index (χ4n) is 6.33. The third-order valence-electron chi connectivity index (χ3n) is 7.38. The fourth-order valence-corrected chi connectivity index (χ4v) is 6.33. The van der Waals surface area contributed by atoms with Crippen molar-refractivity contribution in [1.29, 1.82) is 0 Å². The molecule has 1 spiro atoms. The van der Waals surface area contributed by atoms with Gasteiger partial charge in [0.05, 0.1) is 0 Å². The number of carbonyl (C=O) groups is 1. The molecule has 0 unspecified atom stereocenters. The van der Waals surface area contributed by atoms with Gasteiger partial charge < -0.3 is 10.2 Å². The molecule has 1 aliphatic carbocycles. The summed E-state index contributed by atoms with van der Waals surface area (Å²) in [5, 5.41) is 3.91. The van der Waals surface area contributed by atoms with Gasteiger partial charge in [-0.2, -0.15) is 0 Å². The standard InChI is InChI=1S/C23H34N2O/c1-2-8-19-20-11-6-12-22(26)25-16-7-14-23(20,25)15-13-21(19)24-17-18-9-4-3-5-10-18/h3-5,9-10,19-21,24H,2,6-8,11-17H2,1H3/t19-,20+,21+,23-/m1/s1. The van der Waals surface area contributed by atoms with Gasteiger partial charge in [-0.3, -0.25) is 4.79 Å². The van der Waals surface area contributed by atoms with Gasteiger partial charge in [-0.05, 0) is 62.3 Å². The van der Waals surface area contributed by atoms with E-state index in [0.29, 0.717) is 23.8 Å². The normalized spacial score (nSPS) is 34.3. The van der Waals surface area contributed by atoms with Crippen LogP contribution in [0.25, 0.3) is 0 Å². The molecule has 4 rings (SSSR count). The number of nitrogens with one attached hydrogen (secondary N) is 1. The first-order valence-corrected chi connectivity index (χ1v) is 10.8. The molecule has 3 fully saturated rings. The Balaban J connectivity index is 1.54. The maximum absolute atomic E-state index is 12.7. The lowest BCUT2D eigenvalue weighted by Gasteiger charge is -2.53. The van der Waals surface area contributed by atoms with E-state index in [4.69, 9.17) is 0 Å². The second-order valence-corrected chi connectivity index (χ2v) is 8.72. The molecule has 1 N–H and O–H groups in total. The first-order valence-electron chi connectivity index (χ1n) is 10.8. The van der Waals surface area contributed by atoms with Gasteiger partial charge in [0, 0.05) is 31.1 Å². The van der Waals surface area contributed by atoms with E-state index < -0.39 is 0 Å². The van der Waals surface area contributed by atoms with Crippen molar-refractivity contribution < 1.29 is 4.79 Å². The maximum Gasteiger partial charge on any atom is 0.223 e. The van der Waals surface area contributed by atoms with Gasteiger partial charge in [0.15, 0.2) is 0 Å². The quantitative estimate of drug-likeness (QED) is 0.843. The average Bonchev–Trinajstić information content (AvgIpc) is 3.03. The van der Waals surface area contributed by atoms with Gasteiger partial charge >= 0.3 is 0 Å². The molecule has 1 saturated carbocycles. The van der Waals surface area contributed by atoms with Crippen LogP contribution in [0.15, 0.2) is 30.3 Å². The second kappa shape index (κ2) is 7.72. The van der Waals surface area contributed by atoms with Crippen LogP contribution in [0, 0.1) is 11.8 Å². The Kier molecular flexibility index (Phi) is 5.35. The highest BCUT2D eigenvalue weighted by atomic mass is 16.2. The minimum atomic E-state index is 0.193. The van der Waals surface area contributed by atoms with E-state index in [1.807, 2.05) is 0 Å². The van der Waals surface area contributed by atoms with E-state index in [2.05, 4.69) is 47.5 Å². The van der Waals surface area contributed by atoms with Crippen molar-refractivity contribution in [1.82, 2.24) is 10.2 Å². The molecule has 1 aromatic carbocycles. The smallest absolute Gasteiger partial charge is 0.223 e. The topological polar surface area (TPSA) is 32.3 Å². The molecule has 1 aromatic rings. The van der Waals surface area contributed by atoms with Gasteiger partial charge in [-0.1, -0.05) is 43.7 Å². The summed E-state index contributed by atoms with van der Waals surface area (Å²) in [6, 6.07) is 11.4. The lowest BCUT2D eigenvalue weighted by atomic mass is 9.61. The summed E-state index contributed by atoms with van der Waals surface area (Å²) in [4.78, 5) is 15.0.